The zero-order valence-electron chi connectivity index (χ0n) is 9.16. The van der Waals surface area contributed by atoms with Crippen molar-refractivity contribution >= 4 is 0 Å². The highest BCUT2D eigenvalue weighted by molar-refractivity contribution is 5.08. The van der Waals surface area contributed by atoms with Crippen LogP contribution >= 0.6 is 0 Å². The number of hydrogen-bond donors (Lipinski definition) is 1. The van der Waals surface area contributed by atoms with E-state index >= 15 is 0 Å². The first-order valence-electron chi connectivity index (χ1n) is 5.38. The van der Waals surface area contributed by atoms with Crippen molar-refractivity contribution in [3.8, 4) is 0 Å². The molecule has 0 spiro atoms. The summed E-state index contributed by atoms with van der Waals surface area (Å²) in [6.07, 6.45) is 6.08. The average molecular weight is 192 g/mol. The van der Waals surface area contributed by atoms with Crippen molar-refractivity contribution in [2.24, 2.45) is 5.92 Å². The minimum absolute atomic E-state index is 0.744. The number of aromatic nitrogens is 1. The number of nitrogens with zero attached hydrogens (tertiary/aromatic N) is 1. The molecule has 14 heavy (non-hydrogen) atoms. The Labute approximate surface area is 86.8 Å². The second-order valence-corrected chi connectivity index (χ2v) is 4.06. The van der Waals surface area contributed by atoms with E-state index in [1.54, 1.807) is 0 Å². The van der Waals surface area contributed by atoms with Crippen LogP contribution in [0.25, 0.3) is 0 Å². The maximum Gasteiger partial charge on any atom is 0.0299 e. The molecule has 0 unspecified atom stereocenters. The molecule has 0 fully saturated rings. The van der Waals surface area contributed by atoms with Crippen molar-refractivity contribution < 1.29 is 0 Å². The molecule has 2 nitrogen and oxygen atoms in total. The molecule has 0 bridgehead atoms. The van der Waals surface area contributed by atoms with Gasteiger partial charge < -0.3 is 5.32 Å². The molecule has 0 saturated carbocycles. The van der Waals surface area contributed by atoms with Crippen LogP contribution in [0, 0.1) is 5.92 Å². The lowest BCUT2D eigenvalue weighted by molar-refractivity contribution is 0.543. The van der Waals surface area contributed by atoms with E-state index in [1.165, 1.54) is 12.0 Å². The van der Waals surface area contributed by atoms with Gasteiger partial charge in [0.15, 0.2) is 0 Å². The van der Waals surface area contributed by atoms with E-state index in [0.717, 1.165) is 25.4 Å². The summed E-state index contributed by atoms with van der Waals surface area (Å²) in [5.41, 5.74) is 1.33. The van der Waals surface area contributed by atoms with Gasteiger partial charge in [0.25, 0.3) is 0 Å². The lowest BCUT2D eigenvalue weighted by Crippen LogP contribution is -2.21. The van der Waals surface area contributed by atoms with Gasteiger partial charge in [0.05, 0.1) is 0 Å². The first-order valence-corrected chi connectivity index (χ1v) is 5.38. The fraction of sp³-hybridized carbons (Fsp3) is 0.583. The quantitative estimate of drug-likeness (QED) is 0.699. The molecule has 0 radical (unpaired) electrons. The SMILES string of the molecule is CC(C)CNCCCc1cccnc1. The first kappa shape index (κ1) is 11.2. The second kappa shape index (κ2) is 6.55. The molecule has 0 aromatic carbocycles. The summed E-state index contributed by atoms with van der Waals surface area (Å²) in [5.74, 6) is 0.744. The van der Waals surface area contributed by atoms with Crippen LogP contribution in [0.1, 0.15) is 25.8 Å². The number of hydrogen-bond acceptors (Lipinski definition) is 2. The fourth-order valence-corrected chi connectivity index (χ4v) is 1.35. The van der Waals surface area contributed by atoms with Crippen molar-refractivity contribution in [2.75, 3.05) is 13.1 Å². The van der Waals surface area contributed by atoms with Crippen molar-refractivity contribution in [1.29, 1.82) is 0 Å². The Morgan fingerprint density at radius 2 is 2.29 bits per heavy atom. The van der Waals surface area contributed by atoms with E-state index in [2.05, 4.69) is 30.2 Å². The standard InChI is InChI=1S/C12H20N2/c1-11(2)9-13-7-3-5-12-6-4-8-14-10-12/h4,6,8,10-11,13H,3,5,7,9H2,1-2H3. The molecular formula is C12H20N2. The average Bonchev–Trinajstić information content (AvgIpc) is 2.18. The summed E-state index contributed by atoms with van der Waals surface area (Å²) in [7, 11) is 0. The summed E-state index contributed by atoms with van der Waals surface area (Å²) in [6, 6.07) is 4.13. The predicted molar refractivity (Wildman–Crippen MR) is 60.3 cm³/mol. The Morgan fingerprint density at radius 1 is 1.43 bits per heavy atom. The Hall–Kier alpha value is -0.890. The lowest BCUT2D eigenvalue weighted by atomic mass is 10.1. The van der Waals surface area contributed by atoms with Crippen LogP contribution in [0.15, 0.2) is 24.5 Å². The minimum atomic E-state index is 0.744. The predicted octanol–water partition coefficient (Wildman–Crippen LogP) is 2.26. The van der Waals surface area contributed by atoms with Gasteiger partial charge in [-0.15, -0.1) is 0 Å². The summed E-state index contributed by atoms with van der Waals surface area (Å²) in [4.78, 5) is 4.09. The number of nitrogens with one attached hydrogen (secondary N) is 1. The van der Waals surface area contributed by atoms with Gasteiger partial charge in [0, 0.05) is 12.4 Å². The van der Waals surface area contributed by atoms with Gasteiger partial charge in [-0.1, -0.05) is 19.9 Å². The van der Waals surface area contributed by atoms with Crippen LogP contribution in [-0.2, 0) is 6.42 Å². The van der Waals surface area contributed by atoms with Crippen LogP contribution in [0.5, 0.6) is 0 Å². The van der Waals surface area contributed by atoms with Crippen LogP contribution in [0.2, 0.25) is 0 Å². The molecule has 0 aliphatic heterocycles. The van der Waals surface area contributed by atoms with E-state index in [1.807, 2.05) is 18.5 Å². The molecule has 0 amide bonds. The summed E-state index contributed by atoms with van der Waals surface area (Å²) < 4.78 is 0. The van der Waals surface area contributed by atoms with Crippen molar-refractivity contribution in [2.45, 2.75) is 26.7 Å². The highest BCUT2D eigenvalue weighted by Gasteiger charge is 1.94. The molecule has 0 saturated heterocycles. The fourth-order valence-electron chi connectivity index (χ4n) is 1.35. The van der Waals surface area contributed by atoms with Crippen LogP contribution in [0.3, 0.4) is 0 Å². The van der Waals surface area contributed by atoms with E-state index in [9.17, 15) is 0 Å². The molecule has 1 heterocycles. The van der Waals surface area contributed by atoms with Crippen molar-refractivity contribution in [3.63, 3.8) is 0 Å². The molecule has 1 aromatic heterocycles. The molecule has 1 N–H and O–H groups in total. The molecule has 0 aliphatic carbocycles. The third kappa shape index (κ3) is 4.97. The van der Waals surface area contributed by atoms with Crippen LogP contribution < -0.4 is 5.32 Å². The van der Waals surface area contributed by atoms with Gasteiger partial charge in [0.1, 0.15) is 0 Å². The van der Waals surface area contributed by atoms with Gasteiger partial charge >= 0.3 is 0 Å². The summed E-state index contributed by atoms with van der Waals surface area (Å²) in [5, 5.41) is 3.43. The zero-order valence-corrected chi connectivity index (χ0v) is 9.16. The van der Waals surface area contributed by atoms with Crippen LogP contribution in [-0.4, -0.2) is 18.1 Å². The molecule has 1 aromatic rings. The van der Waals surface area contributed by atoms with Gasteiger partial charge in [-0.3, -0.25) is 4.98 Å². The van der Waals surface area contributed by atoms with E-state index in [0.29, 0.717) is 0 Å². The Bertz CT molecular complexity index is 231. The summed E-state index contributed by atoms with van der Waals surface area (Å²) >= 11 is 0. The second-order valence-electron chi connectivity index (χ2n) is 4.06. The number of pyridine rings is 1. The van der Waals surface area contributed by atoms with E-state index in [-0.39, 0.29) is 0 Å². The number of rotatable bonds is 6. The molecule has 78 valence electrons. The van der Waals surface area contributed by atoms with Gasteiger partial charge in [0.2, 0.25) is 0 Å². The smallest absolute Gasteiger partial charge is 0.0299 e. The van der Waals surface area contributed by atoms with E-state index in [4.69, 9.17) is 0 Å². The largest absolute Gasteiger partial charge is 0.316 e. The van der Waals surface area contributed by atoms with Crippen molar-refractivity contribution in [3.05, 3.63) is 30.1 Å². The monoisotopic (exact) mass is 192 g/mol. The molecule has 0 aliphatic rings. The van der Waals surface area contributed by atoms with Crippen molar-refractivity contribution in [1.82, 2.24) is 10.3 Å². The van der Waals surface area contributed by atoms with Crippen LogP contribution in [0.4, 0.5) is 0 Å². The maximum atomic E-state index is 4.09. The minimum Gasteiger partial charge on any atom is -0.316 e. The third-order valence-corrected chi connectivity index (χ3v) is 2.09. The van der Waals surface area contributed by atoms with E-state index < -0.39 is 0 Å². The van der Waals surface area contributed by atoms with Gasteiger partial charge in [-0.25, -0.2) is 0 Å². The van der Waals surface area contributed by atoms with Gasteiger partial charge in [-0.2, -0.15) is 0 Å². The first-order chi connectivity index (χ1) is 6.79. The zero-order chi connectivity index (χ0) is 10.2. The molecule has 0 atom stereocenters. The maximum absolute atomic E-state index is 4.09. The molecule has 1 rings (SSSR count). The number of aryl methyl sites for hydroxylation is 1. The highest BCUT2D eigenvalue weighted by Crippen LogP contribution is 1.99. The van der Waals surface area contributed by atoms with Gasteiger partial charge in [-0.05, 0) is 43.5 Å². The highest BCUT2D eigenvalue weighted by atomic mass is 14.8. The normalized spacial score (nSPS) is 10.8. The Morgan fingerprint density at radius 3 is 2.93 bits per heavy atom. The molecular weight excluding hydrogens is 172 g/mol. The topological polar surface area (TPSA) is 24.9 Å². The Balaban J connectivity index is 2.05. The molecule has 2 heteroatoms. The summed E-state index contributed by atoms with van der Waals surface area (Å²) in [6.45, 7) is 6.68. The Kier molecular flexibility index (Phi) is 5.23. The third-order valence-electron chi connectivity index (χ3n) is 2.09. The lowest BCUT2D eigenvalue weighted by Gasteiger charge is -2.06.